The summed E-state index contributed by atoms with van der Waals surface area (Å²) in [6, 6.07) is 0. The molecular weight excluding hydrogens is 68.1 g/mol. The Labute approximate surface area is 30.7 Å². The first-order chi connectivity index (χ1) is 1.41. The lowest BCUT2D eigenvalue weighted by molar-refractivity contribution is 0.318. The van der Waals surface area contributed by atoms with Crippen LogP contribution < -0.4 is 0 Å². The van der Waals surface area contributed by atoms with Crippen LogP contribution in [0.15, 0.2) is 0 Å². The third-order valence-corrected chi connectivity index (χ3v) is 0. The molecule has 0 saturated heterocycles. The van der Waals surface area contributed by atoms with E-state index in [0.717, 1.165) is 0 Å². The number of hydrogen-bond acceptors (Lipinski definition) is 1. The van der Waals surface area contributed by atoms with E-state index in [1.54, 1.807) is 6.92 Å². The fourth-order valence-electron chi connectivity index (χ4n) is 0. The van der Waals surface area contributed by atoms with E-state index in [1.165, 1.54) is 0 Å². The van der Waals surface area contributed by atoms with Crippen molar-refractivity contribution >= 4 is 11.0 Å². The largest absolute Gasteiger partial charge is 0.397 e. The van der Waals surface area contributed by atoms with E-state index in [4.69, 9.17) is 5.11 Å². The van der Waals surface area contributed by atoms with Crippen LogP contribution in [0.2, 0.25) is 0 Å². The molecule has 0 aromatic rings. The summed E-state index contributed by atoms with van der Waals surface area (Å²) >= 11 is 0. The summed E-state index contributed by atoms with van der Waals surface area (Å²) in [6.45, 7) is 1.93. The molecule has 0 aliphatic heterocycles. The van der Waals surface area contributed by atoms with E-state index in [2.05, 4.69) is 0 Å². The second kappa shape index (κ2) is 10.9. The van der Waals surface area contributed by atoms with Gasteiger partial charge in [-0.3, -0.25) is 0 Å². The van der Waals surface area contributed by atoms with Crippen LogP contribution in [0.5, 0.6) is 0 Å². The standard InChI is InChI=1S/C2H6O.Si/c1-2-3;/h3H,2H2,1H3;. The maximum absolute atomic E-state index is 7.57. The monoisotopic (exact) mass is 74.0 g/mol. The van der Waals surface area contributed by atoms with E-state index in [0.29, 0.717) is 0 Å². The summed E-state index contributed by atoms with van der Waals surface area (Å²) in [5.41, 5.74) is 0. The molecule has 0 aromatic heterocycles. The van der Waals surface area contributed by atoms with Crippen molar-refractivity contribution in [3.8, 4) is 0 Å². The van der Waals surface area contributed by atoms with Gasteiger partial charge in [-0.15, -0.1) is 0 Å². The van der Waals surface area contributed by atoms with Crippen LogP contribution in [0.25, 0.3) is 0 Å². The molecule has 4 heavy (non-hydrogen) atoms. The van der Waals surface area contributed by atoms with Crippen molar-refractivity contribution in [2.75, 3.05) is 6.61 Å². The van der Waals surface area contributed by atoms with Crippen LogP contribution in [-0.2, 0) is 0 Å². The third kappa shape index (κ3) is 96.4. The Morgan fingerprint density at radius 3 is 1.75 bits per heavy atom. The summed E-state index contributed by atoms with van der Waals surface area (Å²) in [7, 11) is 0. The van der Waals surface area contributed by atoms with Crippen molar-refractivity contribution < 1.29 is 5.11 Å². The Hall–Kier alpha value is 0.177. The van der Waals surface area contributed by atoms with Crippen LogP contribution >= 0.6 is 0 Å². The van der Waals surface area contributed by atoms with Gasteiger partial charge in [0.25, 0.3) is 0 Å². The first-order valence-corrected chi connectivity index (χ1v) is 1.02. The van der Waals surface area contributed by atoms with Crippen LogP contribution in [0.4, 0.5) is 0 Å². The third-order valence-electron chi connectivity index (χ3n) is 0. The molecule has 0 rings (SSSR count). The Bertz CT molecular complexity index is 6.00. The molecule has 0 heterocycles. The van der Waals surface area contributed by atoms with Crippen LogP contribution in [0.3, 0.4) is 0 Å². The Kier molecular flexibility index (Phi) is 24.2. The molecule has 0 spiro atoms. The van der Waals surface area contributed by atoms with Gasteiger partial charge in [-0.2, -0.15) is 0 Å². The van der Waals surface area contributed by atoms with Gasteiger partial charge >= 0.3 is 0 Å². The van der Waals surface area contributed by atoms with Gasteiger partial charge < -0.3 is 5.11 Å². The second-order valence-electron chi connectivity index (χ2n) is 0.316. The zero-order valence-electron chi connectivity index (χ0n) is 2.65. The normalized spacial score (nSPS) is 4.50. The summed E-state index contributed by atoms with van der Waals surface area (Å²) in [5, 5.41) is 7.57. The van der Waals surface area contributed by atoms with Crippen LogP contribution in [-0.4, -0.2) is 22.7 Å². The fraction of sp³-hybridized carbons (Fsp3) is 1.00. The molecule has 1 nitrogen and oxygen atoms in total. The SMILES string of the molecule is CCO.[Si]. The molecule has 0 unspecified atom stereocenters. The minimum absolute atomic E-state index is 0. The van der Waals surface area contributed by atoms with E-state index in [9.17, 15) is 0 Å². The Balaban J connectivity index is 0. The Morgan fingerprint density at radius 1 is 1.75 bits per heavy atom. The highest BCUT2D eigenvalue weighted by Gasteiger charge is 1.34. The molecule has 0 fully saturated rings. The molecular formula is C2H6OSi. The first-order valence-electron chi connectivity index (χ1n) is 1.02. The van der Waals surface area contributed by atoms with Gasteiger partial charge in [-0.1, -0.05) is 0 Å². The zero-order chi connectivity index (χ0) is 2.71. The molecule has 2 heteroatoms. The van der Waals surface area contributed by atoms with Crippen molar-refractivity contribution in [2.45, 2.75) is 6.92 Å². The quantitative estimate of drug-likeness (QED) is 0.388. The first kappa shape index (κ1) is 8.90. The lowest BCUT2D eigenvalue weighted by Crippen LogP contribution is -1.57. The lowest BCUT2D eigenvalue weighted by Gasteiger charge is -1.52. The second-order valence-corrected chi connectivity index (χ2v) is 0.316. The van der Waals surface area contributed by atoms with Gasteiger partial charge in [0, 0.05) is 17.6 Å². The number of hydrogen-bond donors (Lipinski definition) is 1. The molecule has 1 N–H and O–H groups in total. The minimum Gasteiger partial charge on any atom is -0.397 e. The van der Waals surface area contributed by atoms with E-state index in [1.807, 2.05) is 0 Å². The average molecular weight is 74.2 g/mol. The summed E-state index contributed by atoms with van der Waals surface area (Å²) in [5.74, 6) is 0. The van der Waals surface area contributed by atoms with Gasteiger partial charge in [-0.05, 0) is 6.92 Å². The number of aliphatic hydroxyl groups is 1. The van der Waals surface area contributed by atoms with E-state index >= 15 is 0 Å². The summed E-state index contributed by atoms with van der Waals surface area (Å²) < 4.78 is 0. The van der Waals surface area contributed by atoms with Crippen LogP contribution in [0.1, 0.15) is 6.92 Å². The predicted molar refractivity (Wildman–Crippen MR) is 18.5 cm³/mol. The van der Waals surface area contributed by atoms with E-state index in [-0.39, 0.29) is 17.6 Å². The molecule has 24 valence electrons. The highest BCUT2D eigenvalue weighted by Crippen LogP contribution is 1.30. The van der Waals surface area contributed by atoms with Crippen molar-refractivity contribution in [1.29, 1.82) is 0 Å². The molecule has 0 aliphatic carbocycles. The van der Waals surface area contributed by atoms with Crippen molar-refractivity contribution in [3.05, 3.63) is 0 Å². The predicted octanol–water partition coefficient (Wildman–Crippen LogP) is -0.382. The molecule has 0 amide bonds. The zero-order valence-corrected chi connectivity index (χ0v) is 3.65. The van der Waals surface area contributed by atoms with Gasteiger partial charge in [0.15, 0.2) is 0 Å². The Morgan fingerprint density at radius 2 is 1.75 bits per heavy atom. The smallest absolute Gasteiger partial charge is 0.0402 e. The van der Waals surface area contributed by atoms with Gasteiger partial charge in [0.1, 0.15) is 0 Å². The van der Waals surface area contributed by atoms with E-state index < -0.39 is 0 Å². The molecule has 0 aromatic carbocycles. The van der Waals surface area contributed by atoms with Gasteiger partial charge in [0.05, 0.1) is 0 Å². The average Bonchev–Trinajstić information content (AvgIpc) is 0.918. The van der Waals surface area contributed by atoms with Gasteiger partial charge in [-0.25, -0.2) is 0 Å². The fourth-order valence-corrected chi connectivity index (χ4v) is 0. The van der Waals surface area contributed by atoms with Crippen LogP contribution in [0, 0.1) is 0 Å². The molecule has 0 bridgehead atoms. The molecule has 0 aliphatic rings. The highest BCUT2D eigenvalue weighted by atomic mass is 28.1. The number of rotatable bonds is 0. The minimum atomic E-state index is 0. The van der Waals surface area contributed by atoms with Crippen molar-refractivity contribution in [2.24, 2.45) is 0 Å². The topological polar surface area (TPSA) is 20.2 Å². The maximum atomic E-state index is 7.57. The van der Waals surface area contributed by atoms with Gasteiger partial charge in [0.2, 0.25) is 0 Å². The molecule has 4 radical (unpaired) electrons. The summed E-state index contributed by atoms with van der Waals surface area (Å²) in [6.07, 6.45) is 0. The molecule has 0 atom stereocenters. The number of aliphatic hydroxyl groups excluding tert-OH is 1. The lowest BCUT2D eigenvalue weighted by atomic mass is 10.9. The maximum Gasteiger partial charge on any atom is 0.0402 e. The molecule has 0 saturated carbocycles. The highest BCUT2D eigenvalue weighted by molar-refractivity contribution is 5.75. The summed E-state index contributed by atoms with van der Waals surface area (Å²) in [4.78, 5) is 0. The van der Waals surface area contributed by atoms with Crippen molar-refractivity contribution in [3.63, 3.8) is 0 Å². The van der Waals surface area contributed by atoms with Crippen molar-refractivity contribution in [1.82, 2.24) is 0 Å².